The summed E-state index contributed by atoms with van der Waals surface area (Å²) in [6.45, 7) is 10.0. The molecule has 2 aromatic carbocycles. The third-order valence-corrected chi connectivity index (χ3v) is 6.30. The minimum Gasteiger partial charge on any atom is -0.330 e. The molecule has 0 fully saturated rings. The molecule has 1 heterocycles. The first-order valence-corrected chi connectivity index (χ1v) is 10.7. The van der Waals surface area contributed by atoms with Gasteiger partial charge in [-0.1, -0.05) is 58.5 Å². The Morgan fingerprint density at radius 1 is 1.00 bits per heavy atom. The van der Waals surface area contributed by atoms with Crippen LogP contribution in [-0.2, 0) is 4.79 Å². The highest BCUT2D eigenvalue weighted by Crippen LogP contribution is 2.31. The molecule has 0 saturated carbocycles. The Balaban J connectivity index is 1.61. The molecule has 0 radical (unpaired) electrons. The number of nitrogens with zero attached hydrogens (tertiary/aromatic N) is 2. The average Bonchev–Trinajstić information content (AvgIpc) is 3.06. The van der Waals surface area contributed by atoms with Gasteiger partial charge in [0, 0.05) is 11.4 Å². The minimum atomic E-state index is -0.278. The summed E-state index contributed by atoms with van der Waals surface area (Å²) in [5.74, 6) is -0.0386. The predicted molar refractivity (Wildman–Crippen MR) is 119 cm³/mol. The largest absolute Gasteiger partial charge is 0.330 e. The minimum absolute atomic E-state index is 0.0386. The molecule has 28 heavy (non-hydrogen) atoms. The number of carbonyl (C=O) groups is 1. The van der Waals surface area contributed by atoms with Gasteiger partial charge in [-0.15, -0.1) is 10.2 Å². The van der Waals surface area contributed by atoms with Crippen molar-refractivity contribution in [2.75, 3.05) is 10.6 Å². The Labute approximate surface area is 174 Å². The lowest BCUT2D eigenvalue weighted by molar-refractivity contribution is -0.115. The number of nitrogens with one attached hydrogen (secondary N) is 2. The van der Waals surface area contributed by atoms with E-state index in [1.54, 1.807) is 0 Å². The number of benzene rings is 2. The average molecular weight is 413 g/mol. The number of aromatic nitrogens is 2. The second kappa shape index (κ2) is 8.75. The van der Waals surface area contributed by atoms with E-state index in [4.69, 9.17) is 0 Å². The standard InChI is InChI=1S/C21H24N4OS2/c1-12-6-8-17(9-7-12)22-20-24-25-21(28-20)27-16(5)19(26)23-18-14(3)10-13(2)11-15(18)4/h6-11,16H,1-5H3,(H,22,24)(H,23,26)/t16-/m1/s1. The highest BCUT2D eigenvalue weighted by atomic mass is 32.2. The molecule has 146 valence electrons. The van der Waals surface area contributed by atoms with Crippen LogP contribution in [-0.4, -0.2) is 21.4 Å². The maximum Gasteiger partial charge on any atom is 0.237 e. The fourth-order valence-corrected chi connectivity index (χ4v) is 4.79. The van der Waals surface area contributed by atoms with Crippen LogP contribution in [0.25, 0.3) is 0 Å². The topological polar surface area (TPSA) is 66.9 Å². The van der Waals surface area contributed by atoms with E-state index in [9.17, 15) is 4.79 Å². The van der Waals surface area contributed by atoms with Gasteiger partial charge in [-0.2, -0.15) is 0 Å². The van der Waals surface area contributed by atoms with Gasteiger partial charge in [-0.05, 0) is 57.9 Å². The van der Waals surface area contributed by atoms with Gasteiger partial charge in [0.25, 0.3) is 0 Å². The van der Waals surface area contributed by atoms with E-state index < -0.39 is 0 Å². The molecule has 1 amide bonds. The molecule has 5 nitrogen and oxygen atoms in total. The number of aryl methyl sites for hydroxylation is 4. The smallest absolute Gasteiger partial charge is 0.237 e. The zero-order valence-electron chi connectivity index (χ0n) is 16.7. The summed E-state index contributed by atoms with van der Waals surface area (Å²) < 4.78 is 0.759. The molecule has 0 aliphatic carbocycles. The summed E-state index contributed by atoms with van der Waals surface area (Å²) in [5.41, 5.74) is 6.40. The molecule has 0 unspecified atom stereocenters. The normalized spacial score (nSPS) is 11.9. The lowest BCUT2D eigenvalue weighted by Crippen LogP contribution is -2.23. The van der Waals surface area contributed by atoms with Gasteiger partial charge in [0.15, 0.2) is 4.34 Å². The highest BCUT2D eigenvalue weighted by molar-refractivity contribution is 8.02. The van der Waals surface area contributed by atoms with Gasteiger partial charge in [0.1, 0.15) is 0 Å². The molecule has 3 rings (SSSR count). The summed E-state index contributed by atoms with van der Waals surface area (Å²) in [7, 11) is 0. The summed E-state index contributed by atoms with van der Waals surface area (Å²) in [5, 5.41) is 15.1. The van der Waals surface area contributed by atoms with Crippen LogP contribution in [0.4, 0.5) is 16.5 Å². The number of hydrogen-bond acceptors (Lipinski definition) is 6. The van der Waals surface area contributed by atoms with Gasteiger partial charge >= 0.3 is 0 Å². The van der Waals surface area contributed by atoms with Crippen LogP contribution in [0, 0.1) is 27.7 Å². The Bertz CT molecular complexity index is 959. The fraction of sp³-hybridized carbons (Fsp3) is 0.286. The van der Waals surface area contributed by atoms with E-state index in [0.29, 0.717) is 5.13 Å². The SMILES string of the molecule is Cc1ccc(Nc2nnc(S[C@H](C)C(=O)Nc3c(C)cc(C)cc3C)s2)cc1. The first-order valence-electron chi connectivity index (χ1n) is 9.04. The molecule has 0 bridgehead atoms. The van der Waals surface area contributed by atoms with Crippen LogP contribution in [0.1, 0.15) is 29.2 Å². The van der Waals surface area contributed by atoms with Gasteiger partial charge < -0.3 is 10.6 Å². The number of hydrogen-bond donors (Lipinski definition) is 2. The Morgan fingerprint density at radius 2 is 1.64 bits per heavy atom. The van der Waals surface area contributed by atoms with E-state index in [-0.39, 0.29) is 11.2 Å². The van der Waals surface area contributed by atoms with Crippen LogP contribution in [0.3, 0.4) is 0 Å². The van der Waals surface area contributed by atoms with Gasteiger partial charge in [-0.25, -0.2) is 0 Å². The molecule has 0 aliphatic rings. The molecule has 1 aromatic heterocycles. The Kier molecular flexibility index (Phi) is 6.36. The van der Waals surface area contributed by atoms with Crippen molar-refractivity contribution in [1.82, 2.24) is 10.2 Å². The molecular weight excluding hydrogens is 388 g/mol. The fourth-order valence-electron chi connectivity index (χ4n) is 2.88. The molecule has 0 saturated heterocycles. The number of rotatable bonds is 6. The monoisotopic (exact) mass is 412 g/mol. The third-order valence-electron chi connectivity index (χ3n) is 4.28. The quantitative estimate of drug-likeness (QED) is 0.513. The third kappa shape index (κ3) is 5.11. The molecule has 7 heteroatoms. The number of carbonyl (C=O) groups excluding carboxylic acids is 1. The van der Waals surface area contributed by atoms with Crippen molar-refractivity contribution in [2.45, 2.75) is 44.2 Å². The van der Waals surface area contributed by atoms with E-state index in [2.05, 4.69) is 46.8 Å². The Morgan fingerprint density at radius 3 is 2.29 bits per heavy atom. The highest BCUT2D eigenvalue weighted by Gasteiger charge is 2.19. The van der Waals surface area contributed by atoms with Crippen LogP contribution >= 0.6 is 23.1 Å². The van der Waals surface area contributed by atoms with Gasteiger partial charge in [0.05, 0.1) is 5.25 Å². The van der Waals surface area contributed by atoms with Gasteiger partial charge in [-0.3, -0.25) is 4.79 Å². The van der Waals surface area contributed by atoms with E-state index in [0.717, 1.165) is 26.8 Å². The number of thioether (sulfide) groups is 1. The van der Waals surface area contributed by atoms with Crippen LogP contribution < -0.4 is 10.6 Å². The van der Waals surface area contributed by atoms with E-state index in [1.807, 2.05) is 45.0 Å². The lowest BCUT2D eigenvalue weighted by atomic mass is 10.1. The molecule has 0 spiro atoms. The van der Waals surface area contributed by atoms with Crippen LogP contribution in [0.2, 0.25) is 0 Å². The van der Waals surface area contributed by atoms with Gasteiger partial charge in [0.2, 0.25) is 11.0 Å². The van der Waals surface area contributed by atoms with E-state index in [1.165, 1.54) is 34.2 Å². The lowest BCUT2D eigenvalue weighted by Gasteiger charge is -2.15. The zero-order valence-corrected chi connectivity index (χ0v) is 18.3. The first-order chi connectivity index (χ1) is 13.3. The van der Waals surface area contributed by atoms with Crippen molar-refractivity contribution in [3.8, 4) is 0 Å². The molecule has 3 aromatic rings. The van der Waals surface area contributed by atoms with Crippen molar-refractivity contribution in [3.05, 3.63) is 58.7 Å². The predicted octanol–water partition coefficient (Wildman–Crippen LogP) is 5.63. The second-order valence-electron chi connectivity index (χ2n) is 6.89. The van der Waals surface area contributed by atoms with Crippen molar-refractivity contribution in [3.63, 3.8) is 0 Å². The van der Waals surface area contributed by atoms with Crippen molar-refractivity contribution < 1.29 is 4.79 Å². The van der Waals surface area contributed by atoms with Crippen LogP contribution in [0.5, 0.6) is 0 Å². The number of anilines is 3. The molecule has 2 N–H and O–H groups in total. The molecule has 1 atom stereocenters. The summed E-state index contributed by atoms with van der Waals surface area (Å²) in [4.78, 5) is 12.6. The summed E-state index contributed by atoms with van der Waals surface area (Å²) in [6.07, 6.45) is 0. The first kappa shape index (κ1) is 20.4. The summed E-state index contributed by atoms with van der Waals surface area (Å²) in [6, 6.07) is 12.3. The molecule has 0 aliphatic heterocycles. The maximum absolute atomic E-state index is 12.6. The zero-order chi connectivity index (χ0) is 20.3. The number of amides is 1. The molecular formula is C21H24N4OS2. The van der Waals surface area contributed by atoms with Crippen molar-refractivity contribution >= 4 is 45.5 Å². The van der Waals surface area contributed by atoms with E-state index >= 15 is 0 Å². The van der Waals surface area contributed by atoms with Crippen molar-refractivity contribution in [1.29, 1.82) is 0 Å². The second-order valence-corrected chi connectivity index (χ2v) is 9.45. The maximum atomic E-state index is 12.6. The van der Waals surface area contributed by atoms with Crippen molar-refractivity contribution in [2.24, 2.45) is 0 Å². The summed E-state index contributed by atoms with van der Waals surface area (Å²) >= 11 is 2.85. The van der Waals surface area contributed by atoms with Crippen LogP contribution in [0.15, 0.2) is 40.7 Å². The Hall–Kier alpha value is -2.38.